The molecule has 2 aromatic heterocycles. The van der Waals surface area contributed by atoms with Gasteiger partial charge in [-0.2, -0.15) is 0 Å². The van der Waals surface area contributed by atoms with Gasteiger partial charge in [0.25, 0.3) is 0 Å². The maximum atomic E-state index is 12.3. The summed E-state index contributed by atoms with van der Waals surface area (Å²) in [5.74, 6) is 1.51. The summed E-state index contributed by atoms with van der Waals surface area (Å²) < 4.78 is 5.23. The summed E-state index contributed by atoms with van der Waals surface area (Å²) in [6.45, 7) is 3.94. The highest BCUT2D eigenvalue weighted by Gasteiger charge is 2.27. The average Bonchev–Trinajstić information content (AvgIpc) is 3.06. The van der Waals surface area contributed by atoms with Gasteiger partial charge < -0.3 is 14.6 Å². The van der Waals surface area contributed by atoms with Gasteiger partial charge in [-0.15, -0.1) is 0 Å². The Balaban J connectivity index is 1.59. The van der Waals surface area contributed by atoms with E-state index in [1.54, 1.807) is 12.5 Å². The molecule has 3 heterocycles. The lowest BCUT2D eigenvalue weighted by Gasteiger charge is -2.32. The molecule has 1 amide bonds. The molecule has 1 aliphatic rings. The van der Waals surface area contributed by atoms with Gasteiger partial charge in [-0.25, -0.2) is 9.97 Å². The Kier molecular flexibility index (Phi) is 4.37. The Morgan fingerprint density at radius 3 is 3.18 bits per heavy atom. The van der Waals surface area contributed by atoms with Crippen LogP contribution in [0, 0.1) is 12.8 Å². The molecule has 1 fully saturated rings. The van der Waals surface area contributed by atoms with Crippen LogP contribution in [0.2, 0.25) is 0 Å². The SMILES string of the molecule is Cc1ccnc(N2CCC[C@@H](C(=O)NCc3ccco3)C2)n1. The lowest BCUT2D eigenvalue weighted by molar-refractivity contribution is -0.125. The first kappa shape index (κ1) is 14.6. The van der Waals surface area contributed by atoms with Gasteiger partial charge >= 0.3 is 0 Å². The third kappa shape index (κ3) is 3.44. The Morgan fingerprint density at radius 2 is 2.41 bits per heavy atom. The molecule has 0 unspecified atom stereocenters. The molecule has 6 heteroatoms. The maximum absolute atomic E-state index is 12.3. The van der Waals surface area contributed by atoms with E-state index >= 15 is 0 Å². The zero-order valence-electron chi connectivity index (χ0n) is 12.7. The number of rotatable bonds is 4. The van der Waals surface area contributed by atoms with Gasteiger partial charge in [-0.05, 0) is 38.0 Å². The van der Waals surface area contributed by atoms with Crippen LogP contribution in [-0.4, -0.2) is 29.0 Å². The van der Waals surface area contributed by atoms with E-state index in [0.717, 1.165) is 30.8 Å². The second kappa shape index (κ2) is 6.60. The van der Waals surface area contributed by atoms with Crippen molar-refractivity contribution in [1.82, 2.24) is 15.3 Å². The molecular formula is C16H20N4O2. The van der Waals surface area contributed by atoms with Gasteiger partial charge in [-0.1, -0.05) is 0 Å². The van der Waals surface area contributed by atoms with Crippen LogP contribution in [0.3, 0.4) is 0 Å². The number of aromatic nitrogens is 2. The summed E-state index contributed by atoms with van der Waals surface area (Å²) in [5, 5.41) is 2.94. The first-order valence-corrected chi connectivity index (χ1v) is 7.57. The summed E-state index contributed by atoms with van der Waals surface area (Å²) >= 11 is 0. The van der Waals surface area contributed by atoms with Gasteiger partial charge in [-0.3, -0.25) is 4.79 Å². The minimum absolute atomic E-state index is 0.0344. The van der Waals surface area contributed by atoms with Crippen molar-refractivity contribution < 1.29 is 9.21 Å². The average molecular weight is 300 g/mol. The zero-order chi connectivity index (χ0) is 15.4. The highest BCUT2D eigenvalue weighted by atomic mass is 16.3. The first-order valence-electron chi connectivity index (χ1n) is 7.57. The predicted octanol–water partition coefficient (Wildman–Crippen LogP) is 1.91. The largest absolute Gasteiger partial charge is 0.467 e. The fourth-order valence-electron chi connectivity index (χ4n) is 2.69. The van der Waals surface area contributed by atoms with Crippen LogP contribution in [0.15, 0.2) is 35.1 Å². The number of carbonyl (C=O) groups excluding carboxylic acids is 1. The third-order valence-corrected chi connectivity index (χ3v) is 3.87. The number of nitrogens with one attached hydrogen (secondary N) is 1. The second-order valence-corrected chi connectivity index (χ2v) is 5.58. The van der Waals surface area contributed by atoms with Crippen LogP contribution in [0.4, 0.5) is 5.95 Å². The van der Waals surface area contributed by atoms with E-state index in [1.807, 2.05) is 25.1 Å². The number of piperidine rings is 1. The van der Waals surface area contributed by atoms with E-state index < -0.39 is 0 Å². The Labute approximate surface area is 129 Å². The maximum Gasteiger partial charge on any atom is 0.225 e. The van der Waals surface area contributed by atoms with E-state index in [9.17, 15) is 4.79 Å². The highest BCUT2D eigenvalue weighted by Crippen LogP contribution is 2.20. The Hall–Kier alpha value is -2.37. The second-order valence-electron chi connectivity index (χ2n) is 5.58. The number of carbonyl (C=O) groups is 1. The molecule has 1 aliphatic heterocycles. The molecule has 0 spiro atoms. The predicted molar refractivity (Wildman–Crippen MR) is 82.3 cm³/mol. The number of nitrogens with zero attached hydrogens (tertiary/aromatic N) is 3. The van der Waals surface area contributed by atoms with Crippen molar-refractivity contribution in [1.29, 1.82) is 0 Å². The normalized spacial score (nSPS) is 18.2. The monoisotopic (exact) mass is 300 g/mol. The van der Waals surface area contributed by atoms with E-state index in [2.05, 4.69) is 20.2 Å². The summed E-state index contributed by atoms with van der Waals surface area (Å²) in [5.41, 5.74) is 0.939. The van der Waals surface area contributed by atoms with Crippen molar-refractivity contribution in [2.75, 3.05) is 18.0 Å². The Morgan fingerprint density at radius 1 is 1.50 bits per heavy atom. The molecular weight excluding hydrogens is 280 g/mol. The molecule has 6 nitrogen and oxygen atoms in total. The van der Waals surface area contributed by atoms with Gasteiger partial charge in [0.2, 0.25) is 11.9 Å². The summed E-state index contributed by atoms with van der Waals surface area (Å²) in [4.78, 5) is 23.2. The van der Waals surface area contributed by atoms with Gasteiger partial charge in [0.1, 0.15) is 5.76 Å². The number of hydrogen-bond donors (Lipinski definition) is 1. The quantitative estimate of drug-likeness (QED) is 0.934. The standard InChI is InChI=1S/C16H20N4O2/c1-12-6-7-17-16(19-12)20-8-2-4-13(11-20)15(21)18-10-14-5-3-9-22-14/h3,5-7,9,13H,2,4,8,10-11H2,1H3,(H,18,21)/t13-/m1/s1. The van der Waals surface area contributed by atoms with Crippen LogP contribution < -0.4 is 10.2 Å². The zero-order valence-corrected chi connectivity index (χ0v) is 12.7. The lowest BCUT2D eigenvalue weighted by Crippen LogP contribution is -2.43. The molecule has 2 aromatic rings. The first-order chi connectivity index (χ1) is 10.7. The fraction of sp³-hybridized carbons (Fsp3) is 0.438. The van der Waals surface area contributed by atoms with Gasteiger partial charge in [0.05, 0.1) is 18.7 Å². The molecule has 3 rings (SSSR count). The number of amides is 1. The van der Waals surface area contributed by atoms with Crippen molar-refractivity contribution >= 4 is 11.9 Å². The minimum atomic E-state index is -0.0344. The summed E-state index contributed by atoms with van der Waals surface area (Å²) in [7, 11) is 0. The van der Waals surface area contributed by atoms with Crippen LogP contribution in [0.5, 0.6) is 0 Å². The molecule has 22 heavy (non-hydrogen) atoms. The summed E-state index contributed by atoms with van der Waals surface area (Å²) in [6, 6.07) is 5.55. The summed E-state index contributed by atoms with van der Waals surface area (Å²) in [6.07, 6.45) is 5.24. The molecule has 1 atom stereocenters. The van der Waals surface area contributed by atoms with Gasteiger partial charge in [0.15, 0.2) is 0 Å². The number of hydrogen-bond acceptors (Lipinski definition) is 5. The Bertz CT molecular complexity index is 627. The topological polar surface area (TPSA) is 71.3 Å². The van der Waals surface area contributed by atoms with Crippen molar-refractivity contribution in [3.05, 3.63) is 42.1 Å². The van der Waals surface area contributed by atoms with E-state index in [4.69, 9.17) is 4.42 Å². The van der Waals surface area contributed by atoms with E-state index in [-0.39, 0.29) is 11.8 Å². The fourth-order valence-corrected chi connectivity index (χ4v) is 2.69. The molecule has 1 N–H and O–H groups in total. The van der Waals surface area contributed by atoms with Crippen LogP contribution in [0.25, 0.3) is 0 Å². The molecule has 0 saturated carbocycles. The molecule has 116 valence electrons. The minimum Gasteiger partial charge on any atom is -0.467 e. The number of aryl methyl sites for hydroxylation is 1. The van der Waals surface area contributed by atoms with Crippen molar-refractivity contribution in [3.63, 3.8) is 0 Å². The smallest absolute Gasteiger partial charge is 0.225 e. The highest BCUT2D eigenvalue weighted by molar-refractivity contribution is 5.79. The molecule has 0 aromatic carbocycles. The van der Waals surface area contributed by atoms with Crippen LogP contribution >= 0.6 is 0 Å². The molecule has 0 bridgehead atoms. The third-order valence-electron chi connectivity index (χ3n) is 3.87. The van der Waals surface area contributed by atoms with Crippen molar-refractivity contribution in [2.24, 2.45) is 5.92 Å². The van der Waals surface area contributed by atoms with E-state index in [1.165, 1.54) is 0 Å². The van der Waals surface area contributed by atoms with Crippen LogP contribution in [-0.2, 0) is 11.3 Å². The van der Waals surface area contributed by atoms with Gasteiger partial charge in [0, 0.05) is 25.0 Å². The van der Waals surface area contributed by atoms with Crippen molar-refractivity contribution in [2.45, 2.75) is 26.3 Å². The lowest BCUT2D eigenvalue weighted by atomic mass is 9.97. The van der Waals surface area contributed by atoms with Crippen LogP contribution in [0.1, 0.15) is 24.3 Å². The number of anilines is 1. The molecule has 0 aliphatic carbocycles. The van der Waals surface area contributed by atoms with Crippen molar-refractivity contribution in [3.8, 4) is 0 Å². The van der Waals surface area contributed by atoms with E-state index in [0.29, 0.717) is 19.0 Å². The molecule has 1 saturated heterocycles. The molecule has 0 radical (unpaired) electrons. The number of furan rings is 1.